The van der Waals surface area contributed by atoms with Crippen LogP contribution in [0.15, 0.2) is 0 Å². The Labute approximate surface area is 124 Å². The molecule has 1 saturated heterocycles. The van der Waals surface area contributed by atoms with Gasteiger partial charge in [-0.05, 0) is 19.3 Å². The Bertz CT molecular complexity index is 418. The van der Waals surface area contributed by atoms with Gasteiger partial charge >= 0.3 is 6.03 Å². The van der Waals surface area contributed by atoms with E-state index in [2.05, 4.69) is 16.0 Å². The van der Waals surface area contributed by atoms with Gasteiger partial charge in [-0.25, -0.2) is 4.79 Å². The molecule has 7 nitrogen and oxygen atoms in total. The Hall–Kier alpha value is -1.63. The van der Waals surface area contributed by atoms with E-state index in [0.29, 0.717) is 19.6 Å². The molecule has 0 aromatic rings. The molecule has 2 aliphatic rings. The van der Waals surface area contributed by atoms with E-state index in [1.807, 2.05) is 0 Å². The summed E-state index contributed by atoms with van der Waals surface area (Å²) in [5, 5.41) is 7.57. The number of hydrogen-bond donors (Lipinski definition) is 3. The van der Waals surface area contributed by atoms with E-state index >= 15 is 0 Å². The zero-order valence-corrected chi connectivity index (χ0v) is 12.4. The lowest BCUT2D eigenvalue weighted by molar-refractivity contribution is -0.122. The third-order valence-electron chi connectivity index (χ3n) is 4.29. The number of rotatable bonds is 7. The molecule has 2 fully saturated rings. The van der Waals surface area contributed by atoms with Crippen LogP contribution >= 0.6 is 0 Å². The normalized spacial score (nSPS) is 23.8. The Balaban J connectivity index is 1.72. The molecule has 1 aliphatic heterocycles. The zero-order valence-electron chi connectivity index (χ0n) is 12.4. The van der Waals surface area contributed by atoms with Crippen LogP contribution in [0, 0.1) is 5.41 Å². The molecule has 0 radical (unpaired) electrons. The summed E-state index contributed by atoms with van der Waals surface area (Å²) in [5.74, 6) is -0.453. The average Bonchev–Trinajstić information content (AvgIpc) is 3.02. The highest BCUT2D eigenvalue weighted by Gasteiger charge is 2.34. The van der Waals surface area contributed by atoms with E-state index < -0.39 is 12.1 Å². The third kappa shape index (κ3) is 4.17. The second-order valence-corrected chi connectivity index (χ2v) is 5.97. The van der Waals surface area contributed by atoms with Crippen LogP contribution in [0.2, 0.25) is 0 Å². The van der Waals surface area contributed by atoms with Crippen molar-refractivity contribution in [2.75, 3.05) is 20.3 Å². The molecule has 1 aliphatic carbocycles. The van der Waals surface area contributed by atoms with Gasteiger partial charge in [0.25, 0.3) is 5.91 Å². The van der Waals surface area contributed by atoms with Crippen molar-refractivity contribution in [2.24, 2.45) is 5.41 Å². The first-order chi connectivity index (χ1) is 10.0. The summed E-state index contributed by atoms with van der Waals surface area (Å²) < 4.78 is 5.28. The highest BCUT2D eigenvalue weighted by atomic mass is 16.5. The lowest BCUT2D eigenvalue weighted by atomic mass is 9.87. The standard InChI is InChI=1S/C14H23N3O4/c1-21-9-14(6-2-3-7-14)8-15-11(18)5-4-10-12(19)17-13(20)16-10/h10H,2-9H2,1H3,(H,15,18)(H2,16,17,19,20)/t10-/m0/s1. The van der Waals surface area contributed by atoms with Crippen LogP contribution in [0.5, 0.6) is 0 Å². The number of ether oxygens (including phenoxy) is 1. The fourth-order valence-electron chi connectivity index (χ4n) is 3.12. The molecule has 0 bridgehead atoms. The quantitative estimate of drug-likeness (QED) is 0.589. The summed E-state index contributed by atoms with van der Waals surface area (Å²) >= 11 is 0. The van der Waals surface area contributed by atoms with Gasteiger partial charge < -0.3 is 15.4 Å². The van der Waals surface area contributed by atoms with Crippen LogP contribution in [0.4, 0.5) is 4.79 Å². The second-order valence-electron chi connectivity index (χ2n) is 5.97. The van der Waals surface area contributed by atoms with E-state index in [9.17, 15) is 14.4 Å². The van der Waals surface area contributed by atoms with Gasteiger partial charge in [0.1, 0.15) is 6.04 Å². The van der Waals surface area contributed by atoms with Crippen LogP contribution in [0.3, 0.4) is 0 Å². The largest absolute Gasteiger partial charge is 0.384 e. The Morgan fingerprint density at radius 3 is 2.67 bits per heavy atom. The molecule has 0 aromatic carbocycles. The number of imide groups is 1. The molecule has 4 amide bonds. The molecule has 3 N–H and O–H groups in total. The van der Waals surface area contributed by atoms with Crippen LogP contribution in [0.1, 0.15) is 38.5 Å². The van der Waals surface area contributed by atoms with Crippen LogP contribution < -0.4 is 16.0 Å². The summed E-state index contributed by atoms with van der Waals surface area (Å²) in [6, 6.07) is -1.09. The van der Waals surface area contributed by atoms with Crippen molar-refractivity contribution in [2.45, 2.75) is 44.6 Å². The SMILES string of the molecule is COCC1(CNC(=O)CC[C@@H]2NC(=O)NC2=O)CCCC1. The first-order valence-corrected chi connectivity index (χ1v) is 7.42. The molecule has 0 unspecified atom stereocenters. The molecular formula is C14H23N3O4. The van der Waals surface area contributed by atoms with Crippen molar-refractivity contribution in [3.8, 4) is 0 Å². The maximum Gasteiger partial charge on any atom is 0.322 e. The van der Waals surface area contributed by atoms with Crippen molar-refractivity contribution < 1.29 is 19.1 Å². The minimum atomic E-state index is -0.595. The number of carbonyl (C=O) groups excluding carboxylic acids is 3. The number of amides is 4. The molecule has 21 heavy (non-hydrogen) atoms. The van der Waals surface area contributed by atoms with Crippen LogP contribution in [0.25, 0.3) is 0 Å². The molecular weight excluding hydrogens is 274 g/mol. The lowest BCUT2D eigenvalue weighted by Gasteiger charge is -2.28. The second kappa shape index (κ2) is 6.89. The fourth-order valence-corrected chi connectivity index (χ4v) is 3.12. The van der Waals surface area contributed by atoms with Gasteiger partial charge in [-0.15, -0.1) is 0 Å². The molecule has 118 valence electrons. The van der Waals surface area contributed by atoms with Gasteiger partial charge in [0.15, 0.2) is 0 Å². The average molecular weight is 297 g/mol. The molecule has 7 heteroatoms. The van der Waals surface area contributed by atoms with Gasteiger partial charge in [0, 0.05) is 25.5 Å². The molecule has 1 saturated carbocycles. The third-order valence-corrected chi connectivity index (χ3v) is 4.29. The number of methoxy groups -OCH3 is 1. The summed E-state index contributed by atoms with van der Waals surface area (Å²) in [4.78, 5) is 34.2. The molecule has 1 heterocycles. The van der Waals surface area contributed by atoms with E-state index in [1.165, 1.54) is 12.8 Å². The topological polar surface area (TPSA) is 96.5 Å². The number of hydrogen-bond acceptors (Lipinski definition) is 4. The summed E-state index contributed by atoms with van der Waals surface area (Å²) in [7, 11) is 1.68. The summed E-state index contributed by atoms with van der Waals surface area (Å²) in [6.07, 6.45) is 5.04. The first kappa shape index (κ1) is 15.8. The summed E-state index contributed by atoms with van der Waals surface area (Å²) in [5.41, 5.74) is 0.0589. The number of carbonyl (C=O) groups is 3. The highest BCUT2D eigenvalue weighted by molar-refractivity contribution is 6.04. The maximum absolute atomic E-state index is 11.9. The highest BCUT2D eigenvalue weighted by Crippen LogP contribution is 2.37. The smallest absolute Gasteiger partial charge is 0.322 e. The van der Waals surface area contributed by atoms with E-state index in [4.69, 9.17) is 4.74 Å². The van der Waals surface area contributed by atoms with Crippen LogP contribution in [-0.4, -0.2) is 44.1 Å². The van der Waals surface area contributed by atoms with Gasteiger partial charge in [-0.1, -0.05) is 12.8 Å². The van der Waals surface area contributed by atoms with Crippen molar-refractivity contribution in [3.63, 3.8) is 0 Å². The van der Waals surface area contributed by atoms with Gasteiger partial charge in [-0.2, -0.15) is 0 Å². The molecule has 1 atom stereocenters. The Kier molecular flexibility index (Phi) is 5.17. The Morgan fingerprint density at radius 2 is 2.10 bits per heavy atom. The first-order valence-electron chi connectivity index (χ1n) is 7.42. The van der Waals surface area contributed by atoms with Crippen molar-refractivity contribution in [3.05, 3.63) is 0 Å². The molecule has 2 rings (SSSR count). The van der Waals surface area contributed by atoms with E-state index in [0.717, 1.165) is 12.8 Å². The lowest BCUT2D eigenvalue weighted by Crippen LogP contribution is -2.39. The van der Waals surface area contributed by atoms with Crippen molar-refractivity contribution >= 4 is 17.8 Å². The minimum absolute atomic E-state index is 0.0589. The van der Waals surface area contributed by atoms with Crippen molar-refractivity contribution in [1.82, 2.24) is 16.0 Å². The van der Waals surface area contributed by atoms with E-state index in [1.54, 1.807) is 7.11 Å². The van der Waals surface area contributed by atoms with Gasteiger partial charge in [0.05, 0.1) is 6.61 Å². The summed E-state index contributed by atoms with van der Waals surface area (Å²) in [6.45, 7) is 1.28. The number of urea groups is 1. The van der Waals surface area contributed by atoms with Crippen molar-refractivity contribution in [1.29, 1.82) is 0 Å². The fraction of sp³-hybridized carbons (Fsp3) is 0.786. The monoisotopic (exact) mass is 297 g/mol. The predicted octanol–water partition coefficient (Wildman–Crippen LogP) is 0.298. The molecule has 0 aromatic heterocycles. The Morgan fingerprint density at radius 1 is 1.38 bits per heavy atom. The molecule has 0 spiro atoms. The predicted molar refractivity (Wildman–Crippen MR) is 75.5 cm³/mol. The maximum atomic E-state index is 11.9. The van der Waals surface area contributed by atoms with Gasteiger partial charge in [-0.3, -0.25) is 14.9 Å². The minimum Gasteiger partial charge on any atom is -0.384 e. The van der Waals surface area contributed by atoms with Gasteiger partial charge in [0.2, 0.25) is 5.91 Å². The number of nitrogens with one attached hydrogen (secondary N) is 3. The van der Waals surface area contributed by atoms with Crippen LogP contribution in [-0.2, 0) is 14.3 Å². The zero-order chi connectivity index (χ0) is 15.3. The van der Waals surface area contributed by atoms with E-state index in [-0.39, 0.29) is 23.7 Å².